The second-order valence-electron chi connectivity index (χ2n) is 9.14. The van der Waals surface area contributed by atoms with E-state index in [0.29, 0.717) is 17.7 Å². The Bertz CT molecular complexity index is 1170. The van der Waals surface area contributed by atoms with Crippen LogP contribution < -0.4 is 9.47 Å². The van der Waals surface area contributed by atoms with Crippen molar-refractivity contribution >= 4 is 11.6 Å². The number of benzene rings is 2. The molecule has 9 nitrogen and oxygen atoms in total. The first-order chi connectivity index (χ1) is 17.8. The van der Waals surface area contributed by atoms with Crippen molar-refractivity contribution in [2.24, 2.45) is 0 Å². The maximum atomic E-state index is 13.9. The van der Waals surface area contributed by atoms with Crippen LogP contribution in [0.2, 0.25) is 0 Å². The zero-order valence-corrected chi connectivity index (χ0v) is 22.3. The van der Waals surface area contributed by atoms with Crippen molar-refractivity contribution in [1.82, 2.24) is 0 Å². The summed E-state index contributed by atoms with van der Waals surface area (Å²) in [5.74, 6) is -0.0351. The molecule has 1 heterocycles. The SMILES string of the molecule is CCc1cc(O[C@@H]2O[C@H](COC)[C@@H](OC)[C@H](OC)[C@H]2OC)c2c(c1)C(=O)c1cc(C)cc(OC)c1C2=O. The minimum atomic E-state index is -0.970. The lowest BCUT2D eigenvalue weighted by atomic mass is 9.81. The number of rotatable bonds is 9. The molecular formula is C28H34O9. The van der Waals surface area contributed by atoms with Crippen LogP contribution in [0.4, 0.5) is 0 Å². The number of fused-ring (bicyclic) bond motifs is 2. The van der Waals surface area contributed by atoms with Crippen LogP contribution >= 0.6 is 0 Å². The van der Waals surface area contributed by atoms with Gasteiger partial charge < -0.3 is 33.2 Å². The second kappa shape index (κ2) is 11.3. The van der Waals surface area contributed by atoms with Crippen LogP contribution in [0.15, 0.2) is 24.3 Å². The quantitative estimate of drug-likeness (QED) is 0.426. The van der Waals surface area contributed by atoms with Crippen LogP contribution in [-0.4, -0.2) is 84.4 Å². The van der Waals surface area contributed by atoms with Gasteiger partial charge in [-0.25, -0.2) is 0 Å². The number of methoxy groups -OCH3 is 5. The van der Waals surface area contributed by atoms with Gasteiger partial charge in [0.15, 0.2) is 5.78 Å². The topological polar surface area (TPSA) is 98.8 Å². The molecule has 0 saturated carbocycles. The number of ketones is 2. The molecule has 2 aliphatic rings. The molecule has 5 atom stereocenters. The summed E-state index contributed by atoms with van der Waals surface area (Å²) >= 11 is 0. The van der Waals surface area contributed by atoms with E-state index in [4.69, 9.17) is 33.2 Å². The highest BCUT2D eigenvalue weighted by atomic mass is 16.7. The lowest BCUT2D eigenvalue weighted by Crippen LogP contribution is -2.62. The maximum absolute atomic E-state index is 13.9. The van der Waals surface area contributed by atoms with E-state index in [0.717, 1.165) is 11.1 Å². The van der Waals surface area contributed by atoms with Crippen molar-refractivity contribution in [3.8, 4) is 11.5 Å². The highest BCUT2D eigenvalue weighted by Gasteiger charge is 2.49. The Balaban J connectivity index is 1.82. The monoisotopic (exact) mass is 514 g/mol. The van der Waals surface area contributed by atoms with Crippen molar-refractivity contribution in [3.63, 3.8) is 0 Å². The first kappa shape index (κ1) is 27.2. The number of aryl methyl sites for hydroxylation is 2. The summed E-state index contributed by atoms with van der Waals surface area (Å²) in [4.78, 5) is 27.5. The van der Waals surface area contributed by atoms with Gasteiger partial charge in [-0.15, -0.1) is 0 Å². The van der Waals surface area contributed by atoms with Gasteiger partial charge in [0.25, 0.3) is 0 Å². The van der Waals surface area contributed by atoms with Crippen molar-refractivity contribution in [2.75, 3.05) is 42.2 Å². The molecule has 4 rings (SSSR count). The van der Waals surface area contributed by atoms with Gasteiger partial charge in [-0.3, -0.25) is 9.59 Å². The first-order valence-corrected chi connectivity index (χ1v) is 12.2. The van der Waals surface area contributed by atoms with Crippen LogP contribution in [0.1, 0.15) is 49.9 Å². The highest BCUT2D eigenvalue weighted by Crippen LogP contribution is 2.40. The lowest BCUT2D eigenvalue weighted by molar-refractivity contribution is -0.292. The van der Waals surface area contributed by atoms with Gasteiger partial charge in [-0.2, -0.15) is 0 Å². The molecule has 37 heavy (non-hydrogen) atoms. The molecule has 1 saturated heterocycles. The first-order valence-electron chi connectivity index (χ1n) is 12.2. The molecule has 9 heteroatoms. The molecule has 1 fully saturated rings. The van der Waals surface area contributed by atoms with E-state index >= 15 is 0 Å². The van der Waals surface area contributed by atoms with Crippen LogP contribution in [-0.2, 0) is 30.1 Å². The van der Waals surface area contributed by atoms with Crippen LogP contribution in [0.5, 0.6) is 11.5 Å². The van der Waals surface area contributed by atoms with Crippen molar-refractivity contribution in [3.05, 3.63) is 57.6 Å². The Kier molecular flexibility index (Phi) is 8.30. The molecule has 0 spiro atoms. The number of ether oxygens (including phenoxy) is 7. The summed E-state index contributed by atoms with van der Waals surface area (Å²) < 4.78 is 40.5. The predicted octanol–water partition coefficient (Wildman–Crippen LogP) is 3.14. The molecule has 2 aromatic rings. The summed E-state index contributed by atoms with van der Waals surface area (Å²) in [6.45, 7) is 4.05. The molecule has 1 aliphatic carbocycles. The van der Waals surface area contributed by atoms with E-state index in [1.165, 1.54) is 14.2 Å². The molecule has 0 bridgehead atoms. The van der Waals surface area contributed by atoms with Gasteiger partial charge in [0.2, 0.25) is 12.1 Å². The lowest BCUT2D eigenvalue weighted by Gasteiger charge is -2.44. The fourth-order valence-electron chi connectivity index (χ4n) is 5.18. The molecule has 0 radical (unpaired) electrons. The molecular weight excluding hydrogens is 480 g/mol. The number of carbonyl (C=O) groups excluding carboxylic acids is 2. The van der Waals surface area contributed by atoms with Gasteiger partial charge in [-0.1, -0.05) is 6.92 Å². The summed E-state index contributed by atoms with van der Waals surface area (Å²) in [6, 6.07) is 6.98. The third-order valence-electron chi connectivity index (χ3n) is 6.96. The Morgan fingerprint density at radius 2 is 1.43 bits per heavy atom. The average molecular weight is 515 g/mol. The Hall–Kier alpha value is -2.82. The fraction of sp³-hybridized carbons (Fsp3) is 0.500. The van der Waals surface area contributed by atoms with E-state index in [1.54, 1.807) is 45.6 Å². The van der Waals surface area contributed by atoms with Crippen LogP contribution in [0.3, 0.4) is 0 Å². The molecule has 1 aliphatic heterocycles. The van der Waals surface area contributed by atoms with Crippen LogP contribution in [0, 0.1) is 6.92 Å². The smallest absolute Gasteiger partial charge is 0.229 e. The predicted molar refractivity (Wildman–Crippen MR) is 134 cm³/mol. The third kappa shape index (κ3) is 4.78. The number of carbonyl (C=O) groups is 2. The Morgan fingerprint density at radius 1 is 0.784 bits per heavy atom. The number of hydrogen-bond donors (Lipinski definition) is 0. The van der Waals surface area contributed by atoms with Crippen molar-refractivity contribution in [1.29, 1.82) is 0 Å². The minimum absolute atomic E-state index is 0.168. The molecule has 2 aromatic carbocycles. The Labute approximate surface area is 216 Å². The Morgan fingerprint density at radius 3 is 2.03 bits per heavy atom. The van der Waals surface area contributed by atoms with Crippen molar-refractivity contribution in [2.45, 2.75) is 51.0 Å². The van der Waals surface area contributed by atoms with Crippen molar-refractivity contribution < 1.29 is 42.7 Å². The molecule has 0 amide bonds. The molecule has 0 aromatic heterocycles. The maximum Gasteiger partial charge on any atom is 0.229 e. The van der Waals surface area contributed by atoms with Gasteiger partial charge in [0.1, 0.15) is 35.9 Å². The standard InChI is InChI=1S/C28H34O9/c1-8-15-11-17-22(24(30)21-16(23(17)29)9-14(2)10-18(21)32-4)19(12-15)36-28-27(35-7)26(34-6)25(33-5)20(37-28)13-31-3/h9-12,20,25-28H,8,13H2,1-7H3/t20-,25-,26+,27-,28-/m1/s1. The normalized spacial score (nSPS) is 25.0. The van der Waals surface area contributed by atoms with Gasteiger partial charge >= 0.3 is 0 Å². The number of hydrogen-bond acceptors (Lipinski definition) is 9. The van der Waals surface area contributed by atoms with E-state index in [9.17, 15) is 9.59 Å². The zero-order valence-electron chi connectivity index (χ0n) is 22.3. The highest BCUT2D eigenvalue weighted by molar-refractivity contribution is 6.30. The third-order valence-corrected chi connectivity index (χ3v) is 6.96. The van der Waals surface area contributed by atoms with Crippen LogP contribution in [0.25, 0.3) is 0 Å². The summed E-state index contributed by atoms with van der Waals surface area (Å²) in [7, 11) is 7.69. The zero-order chi connectivity index (χ0) is 26.9. The van der Waals surface area contributed by atoms with E-state index in [2.05, 4.69) is 0 Å². The largest absolute Gasteiger partial charge is 0.496 e. The summed E-state index contributed by atoms with van der Waals surface area (Å²) in [5.41, 5.74) is 2.66. The fourth-order valence-corrected chi connectivity index (χ4v) is 5.18. The van der Waals surface area contributed by atoms with E-state index < -0.39 is 30.7 Å². The van der Waals surface area contributed by atoms with Gasteiger partial charge in [-0.05, 0) is 48.7 Å². The van der Waals surface area contributed by atoms with Gasteiger partial charge in [0.05, 0.1) is 24.8 Å². The summed E-state index contributed by atoms with van der Waals surface area (Å²) in [5, 5.41) is 0. The van der Waals surface area contributed by atoms with Gasteiger partial charge in [0, 0.05) is 39.6 Å². The van der Waals surface area contributed by atoms with E-state index in [-0.39, 0.29) is 40.6 Å². The molecule has 0 N–H and O–H groups in total. The average Bonchev–Trinajstić information content (AvgIpc) is 2.90. The van der Waals surface area contributed by atoms with E-state index in [1.807, 2.05) is 13.8 Å². The molecule has 0 unspecified atom stereocenters. The minimum Gasteiger partial charge on any atom is -0.496 e. The second-order valence-corrected chi connectivity index (χ2v) is 9.14. The summed E-state index contributed by atoms with van der Waals surface area (Å²) in [6.07, 6.45) is -2.58. The molecule has 200 valence electrons.